The molecule has 0 N–H and O–H groups in total. The van der Waals surface area contributed by atoms with Crippen LogP contribution >= 0.6 is 0 Å². The van der Waals surface area contributed by atoms with Gasteiger partial charge in [-0.2, -0.15) is 0 Å². The number of unbranched alkanes of at least 4 members (excludes halogenated alkanes) is 14. The summed E-state index contributed by atoms with van der Waals surface area (Å²) in [6, 6.07) is 9.51. The standard InChI is InChI=1S/C26H46/c1-3-5-7-9-11-13-15-17-19-25-21-23-26(24-22-25)20-18-16-14-12-10-8-6-4-2/h21-24H,3-20H2,1-2H3. The van der Waals surface area contributed by atoms with Crippen molar-refractivity contribution < 1.29 is 0 Å². The Labute approximate surface area is 165 Å². The van der Waals surface area contributed by atoms with Gasteiger partial charge in [0.1, 0.15) is 0 Å². The molecule has 0 heterocycles. The molecule has 0 fully saturated rings. The molecule has 0 radical (unpaired) electrons. The van der Waals surface area contributed by atoms with Gasteiger partial charge in [-0.25, -0.2) is 0 Å². The summed E-state index contributed by atoms with van der Waals surface area (Å²) in [4.78, 5) is 0. The molecule has 0 heteroatoms. The highest BCUT2D eigenvalue weighted by atomic mass is 14.0. The van der Waals surface area contributed by atoms with E-state index in [0.29, 0.717) is 0 Å². The van der Waals surface area contributed by atoms with Crippen LogP contribution in [-0.2, 0) is 12.8 Å². The zero-order chi connectivity index (χ0) is 18.7. The topological polar surface area (TPSA) is 0 Å². The third-order valence-corrected chi connectivity index (χ3v) is 5.66. The SMILES string of the molecule is CCCCCCCCCCc1ccc(CCCCCCCCCC)cc1. The van der Waals surface area contributed by atoms with Gasteiger partial charge in [0.25, 0.3) is 0 Å². The number of hydrogen-bond donors (Lipinski definition) is 0. The molecule has 0 aliphatic carbocycles. The second-order valence-corrected chi connectivity index (χ2v) is 8.27. The lowest BCUT2D eigenvalue weighted by Crippen LogP contribution is -1.90. The van der Waals surface area contributed by atoms with Gasteiger partial charge < -0.3 is 0 Å². The highest BCUT2D eigenvalue weighted by molar-refractivity contribution is 5.22. The Hall–Kier alpha value is -0.780. The molecule has 0 aromatic heterocycles. The summed E-state index contributed by atoms with van der Waals surface area (Å²) in [6.07, 6.45) is 25.2. The van der Waals surface area contributed by atoms with Gasteiger partial charge in [0.15, 0.2) is 0 Å². The lowest BCUT2D eigenvalue weighted by Gasteiger charge is -2.05. The summed E-state index contributed by atoms with van der Waals surface area (Å²) >= 11 is 0. The minimum atomic E-state index is 1.27. The van der Waals surface area contributed by atoms with Crippen molar-refractivity contribution in [1.29, 1.82) is 0 Å². The minimum Gasteiger partial charge on any atom is -0.0654 e. The Morgan fingerprint density at radius 1 is 0.385 bits per heavy atom. The summed E-state index contributed by atoms with van der Waals surface area (Å²) in [6.45, 7) is 4.59. The molecule has 1 rings (SSSR count). The van der Waals surface area contributed by atoms with E-state index in [1.807, 2.05) is 0 Å². The van der Waals surface area contributed by atoms with Crippen LogP contribution in [0.3, 0.4) is 0 Å². The van der Waals surface area contributed by atoms with Crippen molar-refractivity contribution in [1.82, 2.24) is 0 Å². The molecule has 0 aliphatic heterocycles. The Balaban J connectivity index is 1.98. The van der Waals surface area contributed by atoms with Crippen LogP contribution < -0.4 is 0 Å². The molecule has 0 saturated heterocycles. The van der Waals surface area contributed by atoms with E-state index in [1.165, 1.54) is 127 Å². The molecule has 0 aliphatic rings. The molecule has 1 aromatic rings. The first-order valence-electron chi connectivity index (χ1n) is 11.9. The van der Waals surface area contributed by atoms with Crippen LogP contribution in [-0.4, -0.2) is 0 Å². The van der Waals surface area contributed by atoms with E-state index in [-0.39, 0.29) is 0 Å². The van der Waals surface area contributed by atoms with E-state index in [0.717, 1.165) is 0 Å². The van der Waals surface area contributed by atoms with Gasteiger partial charge in [-0.1, -0.05) is 128 Å². The maximum absolute atomic E-state index is 2.38. The van der Waals surface area contributed by atoms with Crippen LogP contribution in [0.1, 0.15) is 128 Å². The molecule has 150 valence electrons. The molecule has 0 unspecified atom stereocenters. The number of hydrogen-bond acceptors (Lipinski definition) is 0. The molecule has 0 amide bonds. The van der Waals surface area contributed by atoms with Crippen molar-refractivity contribution in [3.05, 3.63) is 35.4 Å². The number of benzene rings is 1. The molecule has 0 saturated carbocycles. The first-order valence-corrected chi connectivity index (χ1v) is 11.9. The quantitative estimate of drug-likeness (QED) is 0.229. The average molecular weight is 359 g/mol. The van der Waals surface area contributed by atoms with E-state index in [4.69, 9.17) is 0 Å². The molecule has 0 spiro atoms. The van der Waals surface area contributed by atoms with E-state index in [1.54, 1.807) is 0 Å². The van der Waals surface area contributed by atoms with Crippen LogP contribution in [0.25, 0.3) is 0 Å². The van der Waals surface area contributed by atoms with Crippen molar-refractivity contribution in [3.8, 4) is 0 Å². The van der Waals surface area contributed by atoms with Crippen LogP contribution in [0.15, 0.2) is 24.3 Å². The van der Waals surface area contributed by atoms with Gasteiger partial charge in [-0.15, -0.1) is 0 Å². The smallest absolute Gasteiger partial charge is 0.0279 e. The minimum absolute atomic E-state index is 1.27. The summed E-state index contributed by atoms with van der Waals surface area (Å²) in [5.41, 5.74) is 3.08. The predicted molar refractivity (Wildman–Crippen MR) is 119 cm³/mol. The molecular weight excluding hydrogens is 312 g/mol. The van der Waals surface area contributed by atoms with Gasteiger partial charge in [0.2, 0.25) is 0 Å². The lowest BCUT2D eigenvalue weighted by atomic mass is 10.0. The summed E-state index contributed by atoms with van der Waals surface area (Å²) < 4.78 is 0. The Bertz CT molecular complexity index is 350. The van der Waals surface area contributed by atoms with Crippen molar-refractivity contribution in [2.45, 2.75) is 129 Å². The highest BCUT2D eigenvalue weighted by Gasteiger charge is 1.98. The average Bonchev–Trinajstić information content (AvgIpc) is 2.67. The molecule has 26 heavy (non-hydrogen) atoms. The number of rotatable bonds is 18. The molecule has 0 nitrogen and oxygen atoms in total. The van der Waals surface area contributed by atoms with Crippen LogP contribution in [0.2, 0.25) is 0 Å². The van der Waals surface area contributed by atoms with Gasteiger partial charge in [0, 0.05) is 0 Å². The van der Waals surface area contributed by atoms with Gasteiger partial charge in [-0.05, 0) is 36.8 Å². The third kappa shape index (κ3) is 13.4. The van der Waals surface area contributed by atoms with E-state index >= 15 is 0 Å². The summed E-state index contributed by atoms with van der Waals surface area (Å²) in [5.74, 6) is 0. The van der Waals surface area contributed by atoms with E-state index in [2.05, 4.69) is 38.1 Å². The van der Waals surface area contributed by atoms with E-state index in [9.17, 15) is 0 Å². The van der Waals surface area contributed by atoms with Crippen molar-refractivity contribution >= 4 is 0 Å². The maximum atomic E-state index is 2.38. The second kappa shape index (κ2) is 17.6. The lowest BCUT2D eigenvalue weighted by molar-refractivity contribution is 0.574. The first kappa shape index (κ1) is 23.3. The Morgan fingerprint density at radius 2 is 0.654 bits per heavy atom. The Morgan fingerprint density at radius 3 is 0.962 bits per heavy atom. The summed E-state index contributed by atoms with van der Waals surface area (Å²) in [5, 5.41) is 0. The van der Waals surface area contributed by atoms with Crippen molar-refractivity contribution in [2.24, 2.45) is 0 Å². The van der Waals surface area contributed by atoms with Gasteiger partial charge in [0.05, 0.1) is 0 Å². The van der Waals surface area contributed by atoms with Crippen molar-refractivity contribution in [3.63, 3.8) is 0 Å². The fraction of sp³-hybridized carbons (Fsp3) is 0.769. The maximum Gasteiger partial charge on any atom is -0.0279 e. The van der Waals surface area contributed by atoms with Gasteiger partial charge >= 0.3 is 0 Å². The van der Waals surface area contributed by atoms with Crippen LogP contribution in [0.5, 0.6) is 0 Å². The summed E-state index contributed by atoms with van der Waals surface area (Å²) in [7, 11) is 0. The fourth-order valence-electron chi connectivity index (χ4n) is 3.80. The largest absolute Gasteiger partial charge is 0.0654 e. The molecule has 0 atom stereocenters. The van der Waals surface area contributed by atoms with Crippen LogP contribution in [0, 0.1) is 0 Å². The first-order chi connectivity index (χ1) is 12.9. The second-order valence-electron chi connectivity index (χ2n) is 8.27. The molecule has 1 aromatic carbocycles. The monoisotopic (exact) mass is 358 g/mol. The Kier molecular flexibility index (Phi) is 15.8. The molecule has 0 bridgehead atoms. The van der Waals surface area contributed by atoms with Crippen molar-refractivity contribution in [2.75, 3.05) is 0 Å². The normalized spacial score (nSPS) is 11.2. The van der Waals surface area contributed by atoms with E-state index < -0.39 is 0 Å². The highest BCUT2D eigenvalue weighted by Crippen LogP contribution is 2.14. The predicted octanol–water partition coefficient (Wildman–Crippen LogP) is 9.05. The number of aryl methyl sites for hydroxylation is 2. The molecular formula is C26H46. The third-order valence-electron chi connectivity index (χ3n) is 5.66. The fourth-order valence-corrected chi connectivity index (χ4v) is 3.80. The van der Waals surface area contributed by atoms with Crippen LogP contribution in [0.4, 0.5) is 0 Å². The zero-order valence-corrected chi connectivity index (χ0v) is 18.0. The zero-order valence-electron chi connectivity index (χ0n) is 18.0. The van der Waals surface area contributed by atoms with Gasteiger partial charge in [-0.3, -0.25) is 0 Å².